The van der Waals surface area contributed by atoms with E-state index in [1.54, 1.807) is 18.2 Å². The van der Waals surface area contributed by atoms with Gasteiger partial charge in [-0.25, -0.2) is 4.98 Å². The lowest BCUT2D eigenvalue weighted by Gasteiger charge is -2.05. The minimum atomic E-state index is -0.906. The van der Waals surface area contributed by atoms with E-state index in [0.717, 1.165) is 4.70 Å². The molecule has 0 radical (unpaired) electrons. The molecule has 4 nitrogen and oxygen atoms in total. The maximum atomic E-state index is 11.8. The summed E-state index contributed by atoms with van der Waals surface area (Å²) in [6.07, 6.45) is 1.56. The Kier molecular flexibility index (Phi) is 4.15. The Labute approximate surface area is 119 Å². The van der Waals surface area contributed by atoms with Crippen molar-refractivity contribution in [2.75, 3.05) is 6.54 Å². The molecule has 0 fully saturated rings. The van der Waals surface area contributed by atoms with E-state index >= 15 is 0 Å². The summed E-state index contributed by atoms with van der Waals surface area (Å²) in [7, 11) is 0. The van der Waals surface area contributed by atoms with E-state index in [-0.39, 0.29) is 5.91 Å². The number of hydrogen-bond donors (Lipinski definition) is 1. The molecular weight excluding hydrogens is 282 g/mol. The SMILES string of the molecule is C=CCNC(=O)[C@H](C#N)c1nc2cc(Cl)ccc2s1. The lowest BCUT2D eigenvalue weighted by molar-refractivity contribution is -0.121. The molecule has 0 unspecified atom stereocenters. The van der Waals surface area contributed by atoms with E-state index in [1.165, 1.54) is 11.3 Å². The number of carbonyl (C=O) groups excluding carboxylic acids is 1. The molecule has 0 spiro atoms. The van der Waals surface area contributed by atoms with Gasteiger partial charge in [0.15, 0.2) is 5.92 Å². The number of benzene rings is 1. The van der Waals surface area contributed by atoms with Crippen molar-refractivity contribution >= 4 is 39.1 Å². The van der Waals surface area contributed by atoms with E-state index in [4.69, 9.17) is 16.9 Å². The summed E-state index contributed by atoms with van der Waals surface area (Å²) in [5, 5.41) is 12.8. The van der Waals surface area contributed by atoms with Gasteiger partial charge in [-0.2, -0.15) is 5.26 Å². The van der Waals surface area contributed by atoms with Crippen LogP contribution in [0.5, 0.6) is 0 Å². The van der Waals surface area contributed by atoms with Crippen LogP contribution < -0.4 is 5.32 Å². The number of amides is 1. The zero-order chi connectivity index (χ0) is 13.8. The Balaban J connectivity index is 2.33. The topological polar surface area (TPSA) is 65.8 Å². The molecule has 0 aliphatic carbocycles. The van der Waals surface area contributed by atoms with Gasteiger partial charge in [0.05, 0.1) is 16.3 Å². The minimum Gasteiger partial charge on any atom is -0.351 e. The quantitative estimate of drug-likeness (QED) is 0.881. The number of thiazole rings is 1. The summed E-state index contributed by atoms with van der Waals surface area (Å²) in [5.74, 6) is -1.27. The maximum Gasteiger partial charge on any atom is 0.244 e. The Morgan fingerprint density at radius 2 is 2.47 bits per heavy atom. The molecule has 6 heteroatoms. The van der Waals surface area contributed by atoms with E-state index in [0.29, 0.717) is 22.1 Å². The number of carbonyl (C=O) groups is 1. The number of fused-ring (bicyclic) bond motifs is 1. The molecule has 1 atom stereocenters. The second-order valence-electron chi connectivity index (χ2n) is 3.76. The molecule has 1 aromatic heterocycles. The Morgan fingerprint density at radius 1 is 1.68 bits per heavy atom. The molecule has 96 valence electrons. The van der Waals surface area contributed by atoms with Crippen LogP contribution in [-0.4, -0.2) is 17.4 Å². The highest BCUT2D eigenvalue weighted by Crippen LogP contribution is 2.29. The molecule has 19 heavy (non-hydrogen) atoms. The second kappa shape index (κ2) is 5.83. The molecule has 1 heterocycles. The third kappa shape index (κ3) is 2.92. The van der Waals surface area contributed by atoms with Gasteiger partial charge in [0.1, 0.15) is 5.01 Å². The summed E-state index contributed by atoms with van der Waals surface area (Å²) in [6.45, 7) is 3.84. The van der Waals surface area contributed by atoms with Crippen molar-refractivity contribution in [2.45, 2.75) is 5.92 Å². The van der Waals surface area contributed by atoms with Crippen LogP contribution in [0.4, 0.5) is 0 Å². The fourth-order valence-corrected chi connectivity index (χ4v) is 2.70. The number of rotatable bonds is 4. The highest BCUT2D eigenvalue weighted by molar-refractivity contribution is 7.18. The van der Waals surface area contributed by atoms with Crippen molar-refractivity contribution in [1.82, 2.24) is 10.3 Å². The first-order valence-electron chi connectivity index (χ1n) is 5.50. The van der Waals surface area contributed by atoms with Gasteiger partial charge >= 0.3 is 0 Å². The molecule has 2 aromatic rings. The van der Waals surface area contributed by atoms with Crippen LogP contribution in [0.25, 0.3) is 10.2 Å². The van der Waals surface area contributed by atoms with Crippen LogP contribution >= 0.6 is 22.9 Å². The smallest absolute Gasteiger partial charge is 0.244 e. The number of hydrogen-bond acceptors (Lipinski definition) is 4. The van der Waals surface area contributed by atoms with Crippen LogP contribution in [0, 0.1) is 11.3 Å². The third-order valence-electron chi connectivity index (χ3n) is 2.43. The van der Waals surface area contributed by atoms with Crippen LogP contribution in [0.1, 0.15) is 10.9 Å². The van der Waals surface area contributed by atoms with Crippen molar-refractivity contribution in [3.05, 3.63) is 40.9 Å². The molecule has 1 N–H and O–H groups in total. The number of nitrogens with one attached hydrogen (secondary N) is 1. The van der Waals surface area contributed by atoms with Gasteiger partial charge in [0, 0.05) is 11.6 Å². The average molecular weight is 292 g/mol. The number of nitriles is 1. The highest BCUT2D eigenvalue weighted by atomic mass is 35.5. The number of nitrogens with zero attached hydrogens (tertiary/aromatic N) is 2. The van der Waals surface area contributed by atoms with Crippen LogP contribution in [0.15, 0.2) is 30.9 Å². The standard InChI is InChI=1S/C13H10ClN3OS/c1-2-5-16-12(18)9(7-15)13-17-10-6-8(14)3-4-11(10)19-13/h2-4,6,9H,1,5H2,(H,16,18)/t9-/m0/s1. The van der Waals surface area contributed by atoms with Crippen LogP contribution in [0.2, 0.25) is 5.02 Å². The molecule has 1 aromatic carbocycles. The van der Waals surface area contributed by atoms with Crippen molar-refractivity contribution in [2.24, 2.45) is 0 Å². The molecule has 0 aliphatic heterocycles. The maximum absolute atomic E-state index is 11.8. The van der Waals surface area contributed by atoms with E-state index < -0.39 is 5.92 Å². The molecule has 2 rings (SSSR count). The second-order valence-corrected chi connectivity index (χ2v) is 5.26. The molecule has 1 amide bonds. The van der Waals surface area contributed by atoms with Gasteiger partial charge in [0.2, 0.25) is 5.91 Å². The molecule has 0 bridgehead atoms. The van der Waals surface area contributed by atoms with Gasteiger partial charge in [-0.05, 0) is 18.2 Å². The van der Waals surface area contributed by atoms with Crippen LogP contribution in [-0.2, 0) is 4.79 Å². The lowest BCUT2D eigenvalue weighted by Crippen LogP contribution is -2.28. The van der Waals surface area contributed by atoms with E-state index in [1.807, 2.05) is 12.1 Å². The first-order valence-corrected chi connectivity index (χ1v) is 6.69. The predicted molar refractivity (Wildman–Crippen MR) is 76.2 cm³/mol. The largest absolute Gasteiger partial charge is 0.351 e. The Bertz CT molecular complexity index is 674. The summed E-state index contributed by atoms with van der Waals surface area (Å²) < 4.78 is 0.899. The Morgan fingerprint density at radius 3 is 3.16 bits per heavy atom. The van der Waals surface area contributed by atoms with Crippen molar-refractivity contribution < 1.29 is 4.79 Å². The molecule has 0 saturated heterocycles. The zero-order valence-electron chi connectivity index (χ0n) is 9.89. The van der Waals surface area contributed by atoms with Crippen molar-refractivity contribution in [3.63, 3.8) is 0 Å². The third-order valence-corrected chi connectivity index (χ3v) is 3.76. The van der Waals surface area contributed by atoms with Crippen molar-refractivity contribution in [1.29, 1.82) is 5.26 Å². The Hall–Kier alpha value is -1.90. The fourth-order valence-electron chi connectivity index (χ4n) is 1.54. The van der Waals surface area contributed by atoms with Gasteiger partial charge in [-0.3, -0.25) is 4.79 Å². The molecular formula is C13H10ClN3OS. The highest BCUT2D eigenvalue weighted by Gasteiger charge is 2.23. The summed E-state index contributed by atoms with van der Waals surface area (Å²) >= 11 is 7.20. The lowest BCUT2D eigenvalue weighted by atomic mass is 10.1. The van der Waals surface area contributed by atoms with Gasteiger partial charge in [-0.1, -0.05) is 17.7 Å². The predicted octanol–water partition coefficient (Wildman–Crippen LogP) is 2.86. The fraction of sp³-hybridized carbons (Fsp3) is 0.154. The molecule has 0 saturated carbocycles. The van der Waals surface area contributed by atoms with Crippen molar-refractivity contribution in [3.8, 4) is 6.07 Å². The normalized spacial score (nSPS) is 11.8. The minimum absolute atomic E-state index is 0.327. The zero-order valence-corrected chi connectivity index (χ0v) is 11.5. The first-order chi connectivity index (χ1) is 9.15. The van der Waals surface area contributed by atoms with Gasteiger partial charge in [-0.15, -0.1) is 17.9 Å². The van der Waals surface area contributed by atoms with E-state index in [2.05, 4.69) is 16.9 Å². The van der Waals surface area contributed by atoms with Gasteiger partial charge < -0.3 is 5.32 Å². The van der Waals surface area contributed by atoms with Gasteiger partial charge in [0.25, 0.3) is 0 Å². The molecule has 0 aliphatic rings. The summed E-state index contributed by atoms with van der Waals surface area (Å²) in [4.78, 5) is 16.1. The summed E-state index contributed by atoms with van der Waals surface area (Å²) in [5.41, 5.74) is 0.698. The summed E-state index contributed by atoms with van der Waals surface area (Å²) in [6, 6.07) is 7.27. The monoisotopic (exact) mass is 291 g/mol. The van der Waals surface area contributed by atoms with Crippen LogP contribution in [0.3, 0.4) is 0 Å². The number of halogens is 1. The average Bonchev–Trinajstić information content (AvgIpc) is 2.79. The number of aromatic nitrogens is 1. The first kappa shape index (κ1) is 13.5. The van der Waals surface area contributed by atoms with E-state index in [9.17, 15) is 4.79 Å².